The number of halogens is 3. The second-order valence-corrected chi connectivity index (χ2v) is 6.63. The largest absolute Gasteiger partial charge is 0.360 e. The molecule has 8 heteroatoms. The monoisotopic (exact) mass is 342 g/mol. The first-order valence-electron chi connectivity index (χ1n) is 6.12. The van der Waals surface area contributed by atoms with Crippen molar-refractivity contribution >= 4 is 38.2 Å². The van der Waals surface area contributed by atoms with Crippen molar-refractivity contribution in [1.82, 2.24) is 4.98 Å². The third kappa shape index (κ3) is 2.53. The van der Waals surface area contributed by atoms with Gasteiger partial charge in [0.25, 0.3) is 10.0 Å². The molecule has 0 saturated carbocycles. The van der Waals surface area contributed by atoms with Crippen molar-refractivity contribution in [3.05, 3.63) is 59.3 Å². The lowest BCUT2D eigenvalue weighted by Gasteiger charge is -2.09. The summed E-state index contributed by atoms with van der Waals surface area (Å²) in [5.41, 5.74) is -0.215. The van der Waals surface area contributed by atoms with Crippen molar-refractivity contribution in [3.63, 3.8) is 0 Å². The summed E-state index contributed by atoms with van der Waals surface area (Å²) < 4.78 is 53.9. The Morgan fingerprint density at radius 1 is 1.09 bits per heavy atom. The molecule has 2 N–H and O–H groups in total. The van der Waals surface area contributed by atoms with E-state index in [1.54, 1.807) is 6.07 Å². The predicted octanol–water partition coefficient (Wildman–Crippen LogP) is 3.90. The summed E-state index contributed by atoms with van der Waals surface area (Å²) in [6.45, 7) is 0. The minimum absolute atomic E-state index is 0.123. The van der Waals surface area contributed by atoms with Crippen molar-refractivity contribution in [2.75, 3.05) is 4.72 Å². The number of fused-ring (bicyclic) bond motifs is 1. The molecule has 1 heterocycles. The molecule has 0 amide bonds. The Kier molecular flexibility index (Phi) is 3.54. The molecule has 0 aliphatic carbocycles. The highest BCUT2D eigenvalue weighted by atomic mass is 35.5. The molecule has 0 atom stereocenters. The molecular formula is C14H9ClF2N2O2S. The van der Waals surface area contributed by atoms with Gasteiger partial charge in [0, 0.05) is 22.1 Å². The number of hydrogen-bond donors (Lipinski definition) is 2. The molecule has 0 aliphatic heterocycles. The molecule has 3 rings (SSSR count). The van der Waals surface area contributed by atoms with Crippen LogP contribution in [0, 0.1) is 11.6 Å². The standard InChI is InChI=1S/C14H9ClF2N2O2S/c15-8-4-5-9-12(6-8)18-7-13(9)22(20,21)19-14-10(16)2-1-3-11(14)17/h1-7,18-19H. The van der Waals surface area contributed by atoms with Crippen LogP contribution in [0.2, 0.25) is 5.02 Å². The van der Waals surface area contributed by atoms with Gasteiger partial charge >= 0.3 is 0 Å². The maximum absolute atomic E-state index is 13.6. The number of hydrogen-bond acceptors (Lipinski definition) is 2. The van der Waals surface area contributed by atoms with Gasteiger partial charge in [-0.3, -0.25) is 4.72 Å². The molecule has 114 valence electrons. The van der Waals surface area contributed by atoms with Crippen molar-refractivity contribution in [1.29, 1.82) is 0 Å². The quantitative estimate of drug-likeness (QED) is 0.758. The van der Waals surface area contributed by atoms with Gasteiger partial charge in [0.15, 0.2) is 0 Å². The number of aromatic nitrogens is 1. The zero-order valence-electron chi connectivity index (χ0n) is 10.9. The summed E-state index contributed by atoms with van der Waals surface area (Å²) in [6.07, 6.45) is 1.24. The van der Waals surface area contributed by atoms with Crippen LogP contribution in [0.5, 0.6) is 0 Å². The normalized spacial score (nSPS) is 11.8. The van der Waals surface area contributed by atoms with E-state index in [4.69, 9.17) is 11.6 Å². The van der Waals surface area contributed by atoms with E-state index in [-0.39, 0.29) is 4.90 Å². The topological polar surface area (TPSA) is 62.0 Å². The lowest BCUT2D eigenvalue weighted by Crippen LogP contribution is -2.14. The minimum atomic E-state index is -4.16. The molecule has 0 spiro atoms. The van der Waals surface area contributed by atoms with E-state index < -0.39 is 27.3 Å². The fourth-order valence-electron chi connectivity index (χ4n) is 2.08. The van der Waals surface area contributed by atoms with Crippen molar-refractivity contribution < 1.29 is 17.2 Å². The number of H-pyrrole nitrogens is 1. The SMILES string of the molecule is O=S(=O)(Nc1c(F)cccc1F)c1c[nH]c2cc(Cl)ccc12. The van der Waals surface area contributed by atoms with Gasteiger partial charge in [-0.2, -0.15) is 0 Å². The Morgan fingerprint density at radius 3 is 2.45 bits per heavy atom. The van der Waals surface area contributed by atoms with Crippen LogP contribution in [0.3, 0.4) is 0 Å². The number of anilines is 1. The van der Waals surface area contributed by atoms with Gasteiger partial charge in [0.1, 0.15) is 22.2 Å². The highest BCUT2D eigenvalue weighted by Crippen LogP contribution is 2.28. The molecule has 2 aromatic carbocycles. The van der Waals surface area contributed by atoms with Crippen molar-refractivity contribution in [2.45, 2.75) is 4.90 Å². The predicted molar refractivity (Wildman–Crippen MR) is 80.5 cm³/mol. The van der Waals surface area contributed by atoms with Crippen molar-refractivity contribution in [2.24, 2.45) is 0 Å². The molecule has 3 aromatic rings. The van der Waals surface area contributed by atoms with E-state index >= 15 is 0 Å². The fourth-order valence-corrected chi connectivity index (χ4v) is 3.51. The smallest absolute Gasteiger partial charge is 0.264 e. The molecule has 4 nitrogen and oxygen atoms in total. The third-order valence-corrected chi connectivity index (χ3v) is 4.72. The summed E-state index contributed by atoms with van der Waals surface area (Å²) in [5, 5.41) is 0.806. The minimum Gasteiger partial charge on any atom is -0.360 e. The average molecular weight is 343 g/mol. The number of rotatable bonds is 3. The number of para-hydroxylation sites is 1. The molecule has 0 radical (unpaired) electrons. The zero-order chi connectivity index (χ0) is 15.9. The average Bonchev–Trinajstić information content (AvgIpc) is 2.87. The number of aromatic amines is 1. The summed E-state index contributed by atoms with van der Waals surface area (Å²) in [7, 11) is -4.16. The zero-order valence-corrected chi connectivity index (χ0v) is 12.5. The van der Waals surface area contributed by atoms with Gasteiger partial charge in [-0.15, -0.1) is 0 Å². The number of nitrogens with one attached hydrogen (secondary N) is 2. The van der Waals surface area contributed by atoms with E-state index in [0.717, 1.165) is 18.2 Å². The fraction of sp³-hybridized carbons (Fsp3) is 0. The summed E-state index contributed by atoms with van der Waals surface area (Å²) in [4.78, 5) is 2.64. The second kappa shape index (κ2) is 5.26. The summed E-state index contributed by atoms with van der Waals surface area (Å²) in [6, 6.07) is 7.68. The molecule has 1 aromatic heterocycles. The number of benzene rings is 2. The van der Waals surface area contributed by atoms with Gasteiger partial charge in [-0.25, -0.2) is 17.2 Å². The molecule has 0 aliphatic rings. The lowest BCUT2D eigenvalue weighted by molar-refractivity contribution is 0.583. The van der Waals surface area contributed by atoms with E-state index in [0.29, 0.717) is 15.9 Å². The highest BCUT2D eigenvalue weighted by molar-refractivity contribution is 7.93. The molecule has 22 heavy (non-hydrogen) atoms. The van der Waals surface area contributed by atoms with Gasteiger partial charge in [0.05, 0.1) is 0 Å². The first-order valence-corrected chi connectivity index (χ1v) is 7.98. The summed E-state index contributed by atoms with van der Waals surface area (Å²) in [5.74, 6) is -1.99. The van der Waals surface area contributed by atoms with Crippen LogP contribution in [0.4, 0.5) is 14.5 Å². The van der Waals surface area contributed by atoms with Crippen LogP contribution >= 0.6 is 11.6 Å². The lowest BCUT2D eigenvalue weighted by atomic mass is 10.2. The van der Waals surface area contributed by atoms with E-state index in [1.807, 2.05) is 4.72 Å². The Bertz CT molecular complexity index is 950. The van der Waals surface area contributed by atoms with Gasteiger partial charge in [0.2, 0.25) is 0 Å². The Labute approximate surface area is 129 Å². The highest BCUT2D eigenvalue weighted by Gasteiger charge is 2.22. The van der Waals surface area contributed by atoms with Crippen LogP contribution in [-0.2, 0) is 10.0 Å². The Balaban J connectivity index is 2.09. The van der Waals surface area contributed by atoms with Crippen LogP contribution in [0.1, 0.15) is 0 Å². The second-order valence-electron chi connectivity index (χ2n) is 4.54. The Hall–Kier alpha value is -2.12. The molecule has 0 bridgehead atoms. The third-order valence-electron chi connectivity index (χ3n) is 3.09. The van der Waals surface area contributed by atoms with Crippen LogP contribution in [-0.4, -0.2) is 13.4 Å². The van der Waals surface area contributed by atoms with E-state index in [2.05, 4.69) is 4.98 Å². The number of sulfonamides is 1. The Morgan fingerprint density at radius 2 is 1.77 bits per heavy atom. The van der Waals surface area contributed by atoms with Gasteiger partial charge < -0.3 is 4.98 Å². The maximum Gasteiger partial charge on any atom is 0.264 e. The maximum atomic E-state index is 13.6. The van der Waals surface area contributed by atoms with Gasteiger partial charge in [-0.05, 0) is 30.3 Å². The van der Waals surface area contributed by atoms with Crippen LogP contribution in [0.15, 0.2) is 47.5 Å². The first-order chi connectivity index (χ1) is 10.4. The molecular weight excluding hydrogens is 334 g/mol. The van der Waals surface area contributed by atoms with Crippen LogP contribution in [0.25, 0.3) is 10.9 Å². The first kappa shape index (κ1) is 14.8. The van der Waals surface area contributed by atoms with Crippen molar-refractivity contribution in [3.8, 4) is 0 Å². The summed E-state index contributed by atoms with van der Waals surface area (Å²) >= 11 is 5.83. The van der Waals surface area contributed by atoms with Gasteiger partial charge in [-0.1, -0.05) is 17.7 Å². The molecule has 0 saturated heterocycles. The molecule has 0 fully saturated rings. The van der Waals surface area contributed by atoms with Crippen LogP contribution < -0.4 is 4.72 Å². The molecule has 0 unspecified atom stereocenters. The van der Waals surface area contributed by atoms with E-state index in [1.165, 1.54) is 18.3 Å². The van der Waals surface area contributed by atoms with E-state index in [9.17, 15) is 17.2 Å².